The van der Waals surface area contributed by atoms with E-state index in [0.717, 1.165) is 13.0 Å². The van der Waals surface area contributed by atoms with E-state index < -0.39 is 0 Å². The van der Waals surface area contributed by atoms with Crippen LogP contribution in [-0.4, -0.2) is 25.2 Å². The van der Waals surface area contributed by atoms with Gasteiger partial charge in [0.2, 0.25) is 13.9 Å². The highest BCUT2D eigenvalue weighted by Crippen LogP contribution is 2.13. The molecule has 1 unspecified atom stereocenters. The zero-order chi connectivity index (χ0) is 6.15. The minimum absolute atomic E-state index is 0.0741. The third kappa shape index (κ3) is 0.724. The van der Waals surface area contributed by atoms with E-state index in [4.69, 9.17) is 7.98 Å². The second-order valence-electron chi connectivity index (χ2n) is 2.22. The first-order valence-electron chi connectivity index (χ1n) is 2.78. The summed E-state index contributed by atoms with van der Waals surface area (Å²) in [4.78, 5) is 12.0. The van der Waals surface area contributed by atoms with Crippen LogP contribution >= 0.6 is 0 Å². The predicted octanol–water partition coefficient (Wildman–Crippen LogP) is -0.0617. The smallest absolute Gasteiger partial charge is 0.230 e. The lowest BCUT2D eigenvalue weighted by Gasteiger charge is -2.05. The first-order chi connectivity index (χ1) is 3.72. The number of amides is 1. The molecule has 1 aliphatic heterocycles. The van der Waals surface area contributed by atoms with E-state index in [9.17, 15) is 4.79 Å². The average Bonchev–Trinajstić information content (AvgIpc) is 1.98. The molecule has 1 amide bonds. The Hall–Kier alpha value is -0.465. The molecule has 8 heavy (non-hydrogen) atoms. The average molecular weight is 109 g/mol. The van der Waals surface area contributed by atoms with Crippen LogP contribution in [0.15, 0.2) is 0 Å². The molecule has 1 aliphatic rings. The maximum Gasteiger partial charge on any atom is 0.230 e. The van der Waals surface area contributed by atoms with Gasteiger partial charge in [0.15, 0.2) is 0 Å². The fraction of sp³-hybridized carbons (Fsp3) is 0.800. The Kier molecular flexibility index (Phi) is 1.28. The molecule has 1 rings (SSSR count). The van der Waals surface area contributed by atoms with Gasteiger partial charge < -0.3 is 4.81 Å². The van der Waals surface area contributed by atoms with Crippen molar-refractivity contribution < 1.29 is 4.79 Å². The standard InChI is InChI=1S/C5H8BNO/c1-4-2-3-7(6)5(4)8/h4H,2-3H2,1H3. The zero-order valence-electron chi connectivity index (χ0n) is 4.92. The summed E-state index contributed by atoms with van der Waals surface area (Å²) in [5.41, 5.74) is 0. The SMILES string of the molecule is [B]N1CCC(C)C1=O. The van der Waals surface area contributed by atoms with Crippen LogP contribution in [0, 0.1) is 5.92 Å². The van der Waals surface area contributed by atoms with Crippen LogP contribution in [0.1, 0.15) is 13.3 Å². The lowest BCUT2D eigenvalue weighted by molar-refractivity contribution is -0.126. The molecule has 1 fully saturated rings. The molecule has 2 radical (unpaired) electrons. The Balaban J connectivity index is 2.57. The van der Waals surface area contributed by atoms with Crippen molar-refractivity contribution in [3.63, 3.8) is 0 Å². The number of hydrogen-bond acceptors (Lipinski definition) is 1. The van der Waals surface area contributed by atoms with E-state index in [0.29, 0.717) is 0 Å². The molecule has 0 bridgehead atoms. The molecular weight excluding hydrogens is 101 g/mol. The summed E-state index contributed by atoms with van der Waals surface area (Å²) in [5.74, 6) is 0.227. The number of rotatable bonds is 0. The van der Waals surface area contributed by atoms with Gasteiger partial charge in [-0.1, -0.05) is 6.92 Å². The lowest BCUT2D eigenvalue weighted by atomic mass is 10.1. The molecule has 0 aromatic heterocycles. The van der Waals surface area contributed by atoms with Crippen LogP contribution in [0.4, 0.5) is 0 Å². The number of nitrogens with zero attached hydrogens (tertiary/aromatic N) is 1. The van der Waals surface area contributed by atoms with Crippen LogP contribution in [-0.2, 0) is 4.79 Å². The van der Waals surface area contributed by atoms with Crippen molar-refractivity contribution in [1.29, 1.82) is 0 Å². The first kappa shape index (κ1) is 5.67. The molecule has 0 aromatic rings. The molecule has 0 N–H and O–H groups in total. The Morgan fingerprint density at radius 2 is 2.50 bits per heavy atom. The van der Waals surface area contributed by atoms with E-state index >= 15 is 0 Å². The van der Waals surface area contributed by atoms with Gasteiger partial charge in [-0.05, 0) is 6.42 Å². The van der Waals surface area contributed by atoms with Crippen molar-refractivity contribution in [3.05, 3.63) is 0 Å². The summed E-state index contributed by atoms with van der Waals surface area (Å²) in [5, 5.41) is 0. The van der Waals surface area contributed by atoms with Crippen LogP contribution in [0.5, 0.6) is 0 Å². The molecule has 0 saturated carbocycles. The summed E-state index contributed by atoms with van der Waals surface area (Å²) < 4.78 is 0. The van der Waals surface area contributed by atoms with Crippen molar-refractivity contribution in [1.82, 2.24) is 4.81 Å². The first-order valence-corrected chi connectivity index (χ1v) is 2.78. The zero-order valence-corrected chi connectivity index (χ0v) is 4.92. The van der Waals surface area contributed by atoms with Gasteiger partial charge in [-0.25, -0.2) is 0 Å². The van der Waals surface area contributed by atoms with Gasteiger partial charge in [0, 0.05) is 12.5 Å². The summed E-state index contributed by atoms with van der Waals surface area (Å²) in [6.45, 7) is 2.62. The van der Waals surface area contributed by atoms with E-state index in [2.05, 4.69) is 0 Å². The fourth-order valence-electron chi connectivity index (χ4n) is 0.849. The van der Waals surface area contributed by atoms with E-state index in [-0.39, 0.29) is 11.8 Å². The summed E-state index contributed by atoms with van der Waals surface area (Å²) >= 11 is 0. The molecule has 0 aliphatic carbocycles. The van der Waals surface area contributed by atoms with Crippen molar-refractivity contribution in [3.8, 4) is 0 Å². The molecular formula is C5H8BNO. The quantitative estimate of drug-likeness (QED) is 0.399. The van der Waals surface area contributed by atoms with Crippen molar-refractivity contribution in [2.45, 2.75) is 13.3 Å². The van der Waals surface area contributed by atoms with E-state index in [1.165, 1.54) is 4.81 Å². The van der Waals surface area contributed by atoms with Gasteiger partial charge in [0.25, 0.3) is 0 Å². The number of carbonyl (C=O) groups excluding carboxylic acids is 1. The van der Waals surface area contributed by atoms with Gasteiger partial charge in [0.05, 0.1) is 0 Å². The molecule has 0 aromatic carbocycles. The normalized spacial score (nSPS) is 29.4. The number of hydrogen-bond donors (Lipinski definition) is 0. The minimum Gasteiger partial charge on any atom is -0.396 e. The molecule has 0 spiro atoms. The van der Waals surface area contributed by atoms with Crippen molar-refractivity contribution in [2.75, 3.05) is 6.54 Å². The Morgan fingerprint density at radius 1 is 1.88 bits per heavy atom. The van der Waals surface area contributed by atoms with Crippen molar-refractivity contribution >= 4 is 13.9 Å². The van der Waals surface area contributed by atoms with Crippen LogP contribution in [0.3, 0.4) is 0 Å². The highest BCUT2D eigenvalue weighted by atomic mass is 16.2. The van der Waals surface area contributed by atoms with Gasteiger partial charge in [-0.3, -0.25) is 4.79 Å². The molecule has 1 saturated heterocycles. The highest BCUT2D eigenvalue weighted by molar-refractivity contribution is 6.15. The maximum atomic E-state index is 10.7. The maximum absolute atomic E-state index is 10.7. The lowest BCUT2D eigenvalue weighted by Crippen LogP contribution is -2.22. The van der Waals surface area contributed by atoms with Crippen molar-refractivity contribution in [2.24, 2.45) is 5.92 Å². The summed E-state index contributed by atoms with van der Waals surface area (Å²) in [6.07, 6.45) is 0.912. The largest absolute Gasteiger partial charge is 0.396 e. The summed E-state index contributed by atoms with van der Waals surface area (Å²) in [7, 11) is 5.25. The predicted molar refractivity (Wildman–Crippen MR) is 31.2 cm³/mol. The second kappa shape index (κ2) is 1.80. The molecule has 2 nitrogen and oxygen atoms in total. The van der Waals surface area contributed by atoms with Gasteiger partial charge in [-0.2, -0.15) is 0 Å². The summed E-state index contributed by atoms with van der Waals surface area (Å²) in [6, 6.07) is 0. The Labute approximate surface area is 50.3 Å². The van der Waals surface area contributed by atoms with Gasteiger partial charge in [0.1, 0.15) is 0 Å². The molecule has 1 atom stereocenters. The van der Waals surface area contributed by atoms with Gasteiger partial charge >= 0.3 is 0 Å². The van der Waals surface area contributed by atoms with Crippen LogP contribution in [0.2, 0.25) is 0 Å². The molecule has 3 heteroatoms. The monoisotopic (exact) mass is 109 g/mol. The third-order valence-electron chi connectivity index (χ3n) is 1.51. The molecule has 42 valence electrons. The topological polar surface area (TPSA) is 20.3 Å². The molecule has 1 heterocycles. The Morgan fingerprint density at radius 3 is 2.62 bits per heavy atom. The van der Waals surface area contributed by atoms with E-state index in [1.54, 1.807) is 0 Å². The highest BCUT2D eigenvalue weighted by Gasteiger charge is 2.23. The number of carbonyl (C=O) groups is 1. The Bertz CT molecular complexity index is 103. The van der Waals surface area contributed by atoms with Gasteiger partial charge in [-0.15, -0.1) is 0 Å². The second-order valence-corrected chi connectivity index (χ2v) is 2.22. The fourth-order valence-corrected chi connectivity index (χ4v) is 0.849. The van der Waals surface area contributed by atoms with Crippen LogP contribution < -0.4 is 0 Å². The minimum atomic E-state index is 0.0741. The third-order valence-corrected chi connectivity index (χ3v) is 1.51. The van der Waals surface area contributed by atoms with Crippen LogP contribution in [0.25, 0.3) is 0 Å². The van der Waals surface area contributed by atoms with E-state index in [1.807, 2.05) is 6.92 Å².